The predicted octanol–water partition coefficient (Wildman–Crippen LogP) is 2.33. The first kappa shape index (κ1) is 21.8. The molecule has 8 nitrogen and oxygen atoms in total. The van der Waals surface area contributed by atoms with Crippen molar-refractivity contribution in [3.63, 3.8) is 0 Å². The van der Waals surface area contributed by atoms with Gasteiger partial charge >= 0.3 is 5.97 Å². The summed E-state index contributed by atoms with van der Waals surface area (Å²) in [5.74, 6) is -0.542. The first-order valence-corrected chi connectivity index (χ1v) is 8.67. The molecule has 29 heavy (non-hydrogen) atoms. The van der Waals surface area contributed by atoms with Crippen LogP contribution in [0.1, 0.15) is 16.8 Å². The van der Waals surface area contributed by atoms with E-state index in [0.29, 0.717) is 18.8 Å². The monoisotopic (exact) mass is 407 g/mol. The van der Waals surface area contributed by atoms with E-state index >= 15 is 0 Å². The Morgan fingerprint density at radius 3 is 2.14 bits per heavy atom. The molecule has 0 heterocycles. The van der Waals surface area contributed by atoms with Gasteiger partial charge in [0, 0.05) is 6.42 Å². The average molecular weight is 407 g/mol. The third kappa shape index (κ3) is 6.56. The number of amides is 1. The van der Waals surface area contributed by atoms with Crippen molar-refractivity contribution in [2.75, 3.05) is 34.0 Å². The topological polar surface area (TPSA) is 106 Å². The molecule has 9 heteroatoms. The van der Waals surface area contributed by atoms with Crippen molar-refractivity contribution < 1.29 is 37.7 Å². The highest BCUT2D eigenvalue weighted by atomic mass is 19.1. The molecule has 0 radical (unpaired) electrons. The summed E-state index contributed by atoms with van der Waals surface area (Å²) in [4.78, 5) is 23.2. The Labute approximate surface area is 167 Å². The molecule has 0 fully saturated rings. The molecular weight excluding hydrogens is 385 g/mol. The Hall–Kier alpha value is -3.49. The zero-order valence-electron chi connectivity index (χ0n) is 16.1. The second kappa shape index (κ2) is 10.7. The fraction of sp³-hybridized carbons (Fsp3) is 0.300. The molecule has 0 aliphatic rings. The van der Waals surface area contributed by atoms with Gasteiger partial charge in [0.25, 0.3) is 5.91 Å². The van der Waals surface area contributed by atoms with E-state index in [-0.39, 0.29) is 41.8 Å². The van der Waals surface area contributed by atoms with Crippen LogP contribution >= 0.6 is 0 Å². The molecule has 0 bridgehead atoms. The number of rotatable bonds is 11. The number of halogens is 1. The van der Waals surface area contributed by atoms with Crippen molar-refractivity contribution in [2.45, 2.75) is 6.42 Å². The maximum absolute atomic E-state index is 12.8. The van der Waals surface area contributed by atoms with Gasteiger partial charge in [-0.05, 0) is 36.4 Å². The summed E-state index contributed by atoms with van der Waals surface area (Å²) in [6.45, 7) is 0.0423. The highest BCUT2D eigenvalue weighted by Gasteiger charge is 2.19. The number of methoxy groups -OCH3 is 2. The molecule has 0 saturated carbocycles. The molecule has 0 aliphatic carbocycles. The Balaban J connectivity index is 1.92. The number of carbonyl (C=O) groups is 2. The SMILES string of the molecule is COc1cc(C(=O)OCCCOc2ccc(F)cc2)cc(OC)c1OCC(N)=O. The Morgan fingerprint density at radius 1 is 0.966 bits per heavy atom. The molecule has 1 amide bonds. The van der Waals surface area contributed by atoms with Gasteiger partial charge in [0.2, 0.25) is 5.75 Å². The molecule has 2 aromatic carbocycles. The van der Waals surface area contributed by atoms with Crippen LogP contribution in [0.3, 0.4) is 0 Å². The summed E-state index contributed by atoms with van der Waals surface area (Å²) in [6.07, 6.45) is 0.442. The summed E-state index contributed by atoms with van der Waals surface area (Å²) in [6, 6.07) is 8.45. The zero-order valence-corrected chi connectivity index (χ0v) is 16.1. The van der Waals surface area contributed by atoms with Crippen molar-refractivity contribution >= 4 is 11.9 Å². The van der Waals surface area contributed by atoms with Gasteiger partial charge in [0.1, 0.15) is 11.6 Å². The van der Waals surface area contributed by atoms with Crippen LogP contribution in [0.4, 0.5) is 4.39 Å². The minimum absolute atomic E-state index is 0.116. The summed E-state index contributed by atoms with van der Waals surface area (Å²) in [5, 5.41) is 0. The lowest BCUT2D eigenvalue weighted by molar-refractivity contribution is -0.120. The van der Waals surface area contributed by atoms with Crippen molar-refractivity contribution in [2.24, 2.45) is 5.73 Å². The molecule has 0 aliphatic heterocycles. The fourth-order valence-electron chi connectivity index (χ4n) is 2.31. The minimum atomic E-state index is -0.666. The van der Waals surface area contributed by atoms with E-state index in [9.17, 15) is 14.0 Å². The fourth-order valence-corrected chi connectivity index (χ4v) is 2.31. The Kier molecular flexibility index (Phi) is 8.08. The summed E-state index contributed by atoms with van der Waals surface area (Å²) < 4.78 is 39.2. The van der Waals surface area contributed by atoms with Gasteiger partial charge in [0.05, 0.1) is 33.0 Å². The van der Waals surface area contributed by atoms with Crippen LogP contribution in [0.5, 0.6) is 23.0 Å². The second-order valence-electron chi connectivity index (χ2n) is 5.76. The molecule has 0 unspecified atom stereocenters. The van der Waals surface area contributed by atoms with Gasteiger partial charge in [-0.25, -0.2) is 9.18 Å². The van der Waals surface area contributed by atoms with E-state index in [1.165, 1.54) is 50.6 Å². The third-order valence-corrected chi connectivity index (χ3v) is 3.66. The molecule has 156 valence electrons. The maximum Gasteiger partial charge on any atom is 0.338 e. The summed E-state index contributed by atoms with van der Waals surface area (Å²) >= 11 is 0. The number of carbonyl (C=O) groups excluding carboxylic acids is 2. The molecule has 0 spiro atoms. The Morgan fingerprint density at radius 2 is 1.59 bits per heavy atom. The number of ether oxygens (including phenoxy) is 5. The van der Waals surface area contributed by atoms with E-state index in [1.807, 2.05) is 0 Å². The smallest absolute Gasteiger partial charge is 0.338 e. The third-order valence-electron chi connectivity index (χ3n) is 3.66. The zero-order chi connectivity index (χ0) is 21.2. The van der Waals surface area contributed by atoms with Crippen molar-refractivity contribution in [1.29, 1.82) is 0 Å². The van der Waals surface area contributed by atoms with Crippen molar-refractivity contribution in [1.82, 2.24) is 0 Å². The molecule has 0 aromatic heterocycles. The normalized spacial score (nSPS) is 10.2. The van der Waals surface area contributed by atoms with Crippen LogP contribution in [0.25, 0.3) is 0 Å². The summed E-state index contributed by atoms with van der Waals surface area (Å²) in [7, 11) is 2.77. The number of esters is 1. The highest BCUT2D eigenvalue weighted by Crippen LogP contribution is 2.38. The van der Waals surface area contributed by atoms with E-state index < -0.39 is 11.9 Å². The van der Waals surface area contributed by atoms with Gasteiger partial charge in [0.15, 0.2) is 18.1 Å². The Bertz CT molecular complexity index is 814. The maximum atomic E-state index is 12.8. The van der Waals surface area contributed by atoms with Crippen molar-refractivity contribution in [3.05, 3.63) is 47.8 Å². The highest BCUT2D eigenvalue weighted by molar-refractivity contribution is 5.91. The van der Waals surface area contributed by atoms with E-state index in [0.717, 1.165) is 0 Å². The first-order chi connectivity index (χ1) is 13.9. The van der Waals surface area contributed by atoms with Gasteiger partial charge in [-0.3, -0.25) is 4.79 Å². The van der Waals surface area contributed by atoms with Crippen LogP contribution in [0, 0.1) is 5.82 Å². The molecule has 2 N–H and O–H groups in total. The number of hydrogen-bond acceptors (Lipinski definition) is 7. The van der Waals surface area contributed by atoms with E-state index in [1.54, 1.807) is 0 Å². The largest absolute Gasteiger partial charge is 0.493 e. The lowest BCUT2D eigenvalue weighted by Crippen LogP contribution is -2.20. The van der Waals surface area contributed by atoms with Crippen LogP contribution < -0.4 is 24.7 Å². The number of nitrogens with two attached hydrogens (primary N) is 1. The van der Waals surface area contributed by atoms with Gasteiger partial charge in [-0.2, -0.15) is 0 Å². The average Bonchev–Trinajstić information content (AvgIpc) is 2.72. The van der Waals surface area contributed by atoms with Gasteiger partial charge < -0.3 is 29.4 Å². The van der Waals surface area contributed by atoms with Crippen LogP contribution in [0.2, 0.25) is 0 Å². The molecule has 2 aromatic rings. The van der Waals surface area contributed by atoms with Crippen LogP contribution in [0.15, 0.2) is 36.4 Å². The minimum Gasteiger partial charge on any atom is -0.493 e. The predicted molar refractivity (Wildman–Crippen MR) is 101 cm³/mol. The van der Waals surface area contributed by atoms with E-state index in [4.69, 9.17) is 29.4 Å². The molecular formula is C20H22FNO7. The first-order valence-electron chi connectivity index (χ1n) is 8.67. The number of hydrogen-bond donors (Lipinski definition) is 1. The number of benzene rings is 2. The molecule has 2 rings (SSSR count). The molecule has 0 atom stereocenters. The van der Waals surface area contributed by atoms with E-state index in [2.05, 4.69) is 0 Å². The van der Waals surface area contributed by atoms with Gasteiger partial charge in [-0.1, -0.05) is 0 Å². The second-order valence-corrected chi connectivity index (χ2v) is 5.76. The number of primary amides is 1. The lowest BCUT2D eigenvalue weighted by Gasteiger charge is -2.15. The van der Waals surface area contributed by atoms with Crippen molar-refractivity contribution in [3.8, 4) is 23.0 Å². The van der Waals surface area contributed by atoms with Gasteiger partial charge in [-0.15, -0.1) is 0 Å². The summed E-state index contributed by atoms with van der Waals surface area (Å²) in [5.41, 5.74) is 5.26. The quantitative estimate of drug-likeness (QED) is 0.450. The molecule has 0 saturated heterocycles. The van der Waals surface area contributed by atoms with Crippen LogP contribution in [-0.2, 0) is 9.53 Å². The standard InChI is InChI=1S/C20H22FNO7/c1-25-16-10-13(11-17(26-2)19(16)29-12-18(22)23)20(24)28-9-3-8-27-15-6-4-14(21)5-7-15/h4-7,10-11H,3,8-9,12H2,1-2H3,(H2,22,23). The van der Waals surface area contributed by atoms with Crippen LogP contribution in [-0.4, -0.2) is 45.9 Å². The lowest BCUT2D eigenvalue weighted by atomic mass is 10.2.